The van der Waals surface area contributed by atoms with E-state index in [-0.39, 0.29) is 0 Å². The number of fused-ring (bicyclic) bond motifs is 4. The monoisotopic (exact) mass is 305 g/mol. The fraction of sp³-hybridized carbons (Fsp3) is 0. The lowest BCUT2D eigenvalue weighted by Gasteiger charge is -2.11. The van der Waals surface area contributed by atoms with Gasteiger partial charge in [-0.15, -0.1) is 0 Å². The van der Waals surface area contributed by atoms with Gasteiger partial charge in [-0.2, -0.15) is 0 Å². The molecule has 0 unspecified atom stereocenters. The van der Waals surface area contributed by atoms with Gasteiger partial charge in [0.2, 0.25) is 0 Å². The molecule has 0 aliphatic carbocycles. The molecule has 4 aromatic carbocycles. The molecule has 0 radical (unpaired) electrons. The third-order valence-electron chi connectivity index (χ3n) is 4.67. The zero-order valence-electron chi connectivity index (χ0n) is 13.1. The fourth-order valence-corrected chi connectivity index (χ4v) is 3.51. The second-order valence-electron chi connectivity index (χ2n) is 6.11. The van der Waals surface area contributed by atoms with Crippen molar-refractivity contribution in [3.05, 3.63) is 91.1 Å². The summed E-state index contributed by atoms with van der Waals surface area (Å²) in [5.41, 5.74) is 3.57. The average Bonchev–Trinajstić information content (AvgIpc) is 2.67. The largest absolute Gasteiger partial charge is 0.256 e. The third kappa shape index (κ3) is 1.99. The average molecular weight is 305 g/mol. The van der Waals surface area contributed by atoms with Crippen LogP contribution in [0.5, 0.6) is 0 Å². The van der Waals surface area contributed by atoms with Crippen LogP contribution in [0.25, 0.3) is 43.6 Å². The molecule has 24 heavy (non-hydrogen) atoms. The van der Waals surface area contributed by atoms with Crippen LogP contribution >= 0.6 is 0 Å². The molecule has 5 aromatic rings. The molecule has 0 amide bonds. The van der Waals surface area contributed by atoms with Crippen molar-refractivity contribution < 1.29 is 0 Å². The normalized spacial score (nSPS) is 11.3. The lowest BCUT2D eigenvalue weighted by atomic mass is 9.94. The maximum atomic E-state index is 4.59. The number of hydrogen-bond donors (Lipinski definition) is 0. The number of nitrogens with zero attached hydrogens (tertiary/aromatic N) is 1. The van der Waals surface area contributed by atoms with E-state index in [4.69, 9.17) is 0 Å². The van der Waals surface area contributed by atoms with Crippen molar-refractivity contribution in [1.82, 2.24) is 4.98 Å². The van der Waals surface area contributed by atoms with Crippen LogP contribution in [0.2, 0.25) is 0 Å². The number of aromatic nitrogens is 1. The zero-order chi connectivity index (χ0) is 15.9. The second-order valence-corrected chi connectivity index (χ2v) is 6.11. The van der Waals surface area contributed by atoms with E-state index < -0.39 is 0 Å². The highest BCUT2D eigenvalue weighted by Crippen LogP contribution is 2.35. The van der Waals surface area contributed by atoms with Gasteiger partial charge in [0.05, 0.1) is 5.52 Å². The van der Waals surface area contributed by atoms with E-state index in [0.29, 0.717) is 0 Å². The molecule has 1 aromatic heterocycles. The summed E-state index contributed by atoms with van der Waals surface area (Å²) in [6.07, 6.45) is 1.87. The molecule has 0 spiro atoms. The summed E-state index contributed by atoms with van der Waals surface area (Å²) in [5, 5.41) is 6.18. The van der Waals surface area contributed by atoms with Gasteiger partial charge in [-0.3, -0.25) is 4.98 Å². The second kappa shape index (κ2) is 5.17. The molecule has 0 N–H and O–H groups in total. The van der Waals surface area contributed by atoms with Crippen molar-refractivity contribution >= 4 is 32.4 Å². The molecular formula is C23H15N. The van der Waals surface area contributed by atoms with Crippen LogP contribution in [-0.4, -0.2) is 4.98 Å². The molecular weight excluding hydrogens is 290 g/mol. The van der Waals surface area contributed by atoms with Crippen LogP contribution in [0.4, 0.5) is 0 Å². The highest BCUT2D eigenvalue weighted by molar-refractivity contribution is 6.12. The van der Waals surface area contributed by atoms with E-state index in [1.165, 1.54) is 38.1 Å². The summed E-state index contributed by atoms with van der Waals surface area (Å²) in [6, 6.07) is 30.1. The Labute approximate surface area is 140 Å². The fourth-order valence-electron chi connectivity index (χ4n) is 3.51. The number of pyridine rings is 1. The van der Waals surface area contributed by atoms with Crippen LogP contribution in [-0.2, 0) is 0 Å². The molecule has 0 aliphatic rings. The Morgan fingerprint density at radius 2 is 1.29 bits per heavy atom. The molecule has 0 atom stereocenters. The first-order valence-corrected chi connectivity index (χ1v) is 8.16. The summed E-state index contributed by atoms with van der Waals surface area (Å²) in [6.45, 7) is 0. The molecule has 0 bridgehead atoms. The maximum absolute atomic E-state index is 4.59. The first kappa shape index (κ1) is 13.3. The first-order valence-electron chi connectivity index (χ1n) is 8.16. The van der Waals surface area contributed by atoms with Crippen LogP contribution in [0.15, 0.2) is 91.1 Å². The van der Waals surface area contributed by atoms with E-state index in [2.05, 4.69) is 83.8 Å². The zero-order valence-corrected chi connectivity index (χ0v) is 13.1. The van der Waals surface area contributed by atoms with E-state index >= 15 is 0 Å². The lowest BCUT2D eigenvalue weighted by molar-refractivity contribution is 1.43. The minimum absolute atomic E-state index is 1.07. The molecule has 0 saturated heterocycles. The Bertz CT molecular complexity index is 1200. The highest BCUT2D eigenvalue weighted by Gasteiger charge is 2.09. The molecule has 5 rings (SSSR count). The quantitative estimate of drug-likeness (QED) is 0.336. The summed E-state index contributed by atoms with van der Waals surface area (Å²) in [7, 11) is 0. The van der Waals surface area contributed by atoms with Gasteiger partial charge in [0.1, 0.15) is 0 Å². The van der Waals surface area contributed by atoms with Crippen molar-refractivity contribution in [2.24, 2.45) is 0 Å². The van der Waals surface area contributed by atoms with Crippen molar-refractivity contribution in [3.8, 4) is 11.1 Å². The minimum atomic E-state index is 1.07. The molecule has 1 nitrogen and oxygen atoms in total. The van der Waals surface area contributed by atoms with Gasteiger partial charge >= 0.3 is 0 Å². The van der Waals surface area contributed by atoms with E-state index in [1.54, 1.807) is 0 Å². The summed E-state index contributed by atoms with van der Waals surface area (Å²) < 4.78 is 0. The molecule has 1 heterocycles. The van der Waals surface area contributed by atoms with Gasteiger partial charge in [0.15, 0.2) is 0 Å². The summed E-state index contributed by atoms with van der Waals surface area (Å²) in [5.74, 6) is 0. The van der Waals surface area contributed by atoms with Crippen molar-refractivity contribution in [2.45, 2.75) is 0 Å². The van der Waals surface area contributed by atoms with Gasteiger partial charge < -0.3 is 0 Å². The Morgan fingerprint density at radius 1 is 0.542 bits per heavy atom. The predicted molar refractivity (Wildman–Crippen MR) is 102 cm³/mol. The SMILES string of the molecule is c1ccc2cc(-c3cc4cccnc4c4ccccc34)ccc2c1. The minimum Gasteiger partial charge on any atom is -0.256 e. The number of hydrogen-bond acceptors (Lipinski definition) is 1. The standard InChI is InChI=1S/C23H15N/c1-2-7-17-14-18(12-11-16(17)6-1)22-15-19-8-5-13-24-23(19)21-10-4-3-9-20(21)22/h1-15H. The summed E-state index contributed by atoms with van der Waals surface area (Å²) in [4.78, 5) is 4.59. The molecule has 0 saturated carbocycles. The smallest absolute Gasteiger partial charge is 0.0780 e. The third-order valence-corrected chi connectivity index (χ3v) is 4.67. The molecule has 0 aliphatic heterocycles. The highest BCUT2D eigenvalue weighted by atomic mass is 14.6. The lowest BCUT2D eigenvalue weighted by Crippen LogP contribution is -1.86. The molecule has 1 heteroatoms. The first-order chi connectivity index (χ1) is 11.9. The van der Waals surface area contributed by atoms with Crippen molar-refractivity contribution in [1.29, 1.82) is 0 Å². The Balaban J connectivity index is 1.89. The van der Waals surface area contributed by atoms with Crippen LogP contribution in [0.3, 0.4) is 0 Å². The van der Waals surface area contributed by atoms with Gasteiger partial charge in [-0.05, 0) is 45.5 Å². The van der Waals surface area contributed by atoms with Gasteiger partial charge in [-0.1, -0.05) is 66.7 Å². The predicted octanol–water partition coefficient (Wildman–Crippen LogP) is 6.21. The van der Waals surface area contributed by atoms with Crippen LogP contribution < -0.4 is 0 Å². The van der Waals surface area contributed by atoms with Crippen LogP contribution in [0.1, 0.15) is 0 Å². The molecule has 112 valence electrons. The topological polar surface area (TPSA) is 12.9 Å². The van der Waals surface area contributed by atoms with Gasteiger partial charge in [-0.25, -0.2) is 0 Å². The number of benzene rings is 4. The van der Waals surface area contributed by atoms with Crippen molar-refractivity contribution in [3.63, 3.8) is 0 Å². The van der Waals surface area contributed by atoms with Gasteiger partial charge in [0, 0.05) is 17.0 Å². The van der Waals surface area contributed by atoms with E-state index in [9.17, 15) is 0 Å². The number of rotatable bonds is 1. The summed E-state index contributed by atoms with van der Waals surface area (Å²) >= 11 is 0. The van der Waals surface area contributed by atoms with Crippen molar-refractivity contribution in [2.75, 3.05) is 0 Å². The Morgan fingerprint density at radius 3 is 2.21 bits per heavy atom. The molecule has 0 fully saturated rings. The van der Waals surface area contributed by atoms with E-state index in [1.807, 2.05) is 12.3 Å². The van der Waals surface area contributed by atoms with E-state index in [0.717, 1.165) is 5.52 Å². The van der Waals surface area contributed by atoms with Gasteiger partial charge in [0.25, 0.3) is 0 Å². The maximum Gasteiger partial charge on any atom is 0.0780 e. The van der Waals surface area contributed by atoms with Crippen LogP contribution in [0, 0.1) is 0 Å². The Kier molecular flexibility index (Phi) is 2.86. The Hall–Kier alpha value is -3.19.